The minimum absolute atomic E-state index is 0.130. The second-order valence-electron chi connectivity index (χ2n) is 6.32. The Morgan fingerprint density at radius 2 is 2.20 bits per heavy atom. The van der Waals surface area contributed by atoms with Crippen LogP contribution in [0.1, 0.15) is 16.8 Å². The molecule has 25 heavy (non-hydrogen) atoms. The lowest BCUT2D eigenvalue weighted by atomic mass is 10.1. The molecule has 2 heterocycles. The molecule has 0 bridgehead atoms. The second kappa shape index (κ2) is 7.86. The average Bonchev–Trinajstić information content (AvgIpc) is 2.58. The molecule has 1 aromatic carbocycles. The Balaban J connectivity index is 1.48. The fraction of sp³-hybridized carbons (Fsp3) is 0.444. The highest BCUT2D eigenvalue weighted by Gasteiger charge is 2.20. The van der Waals surface area contributed by atoms with Crippen molar-refractivity contribution in [1.29, 1.82) is 0 Å². The van der Waals surface area contributed by atoms with Crippen molar-refractivity contribution in [3.63, 3.8) is 0 Å². The van der Waals surface area contributed by atoms with Crippen molar-refractivity contribution in [2.24, 2.45) is 7.05 Å². The highest BCUT2D eigenvalue weighted by Crippen LogP contribution is 2.15. The largest absolute Gasteiger partial charge is 0.389 e. The van der Waals surface area contributed by atoms with E-state index in [0.717, 1.165) is 24.2 Å². The Labute approximate surface area is 145 Å². The quantitative estimate of drug-likeness (QED) is 0.839. The zero-order valence-electron chi connectivity index (χ0n) is 14.2. The summed E-state index contributed by atoms with van der Waals surface area (Å²) < 4.78 is 20.3. The van der Waals surface area contributed by atoms with Crippen LogP contribution in [0.4, 0.5) is 4.39 Å². The fourth-order valence-corrected chi connectivity index (χ4v) is 2.98. The molecule has 6 nitrogen and oxygen atoms in total. The summed E-state index contributed by atoms with van der Waals surface area (Å²) >= 11 is 0. The molecule has 0 radical (unpaired) electrons. The van der Waals surface area contributed by atoms with Gasteiger partial charge in [0.15, 0.2) is 0 Å². The topological polar surface area (TPSA) is 67.6 Å². The van der Waals surface area contributed by atoms with Gasteiger partial charge in [0.2, 0.25) is 0 Å². The van der Waals surface area contributed by atoms with Gasteiger partial charge in [-0.25, -0.2) is 9.07 Å². The highest BCUT2D eigenvalue weighted by atomic mass is 19.1. The molecule has 1 aromatic heterocycles. The number of ether oxygens (including phenoxy) is 1. The number of hydrogen-bond acceptors (Lipinski definition) is 5. The zero-order valence-corrected chi connectivity index (χ0v) is 14.2. The number of nitrogens with zero attached hydrogens (tertiary/aromatic N) is 3. The molecule has 134 valence electrons. The van der Waals surface area contributed by atoms with Gasteiger partial charge in [-0.2, -0.15) is 5.10 Å². The van der Waals surface area contributed by atoms with Gasteiger partial charge in [0.05, 0.1) is 25.0 Å². The van der Waals surface area contributed by atoms with E-state index in [9.17, 15) is 14.3 Å². The molecule has 1 aliphatic rings. The van der Waals surface area contributed by atoms with Crippen LogP contribution in [0.5, 0.6) is 0 Å². The van der Waals surface area contributed by atoms with Gasteiger partial charge in [-0.3, -0.25) is 9.69 Å². The number of fused-ring (bicyclic) bond motifs is 1. The van der Waals surface area contributed by atoms with Crippen LogP contribution in [-0.2, 0) is 31.4 Å². The molecule has 0 amide bonds. The third kappa shape index (κ3) is 4.50. The summed E-state index contributed by atoms with van der Waals surface area (Å²) in [6, 6.07) is 8.04. The number of aliphatic hydroxyl groups is 1. The first kappa shape index (κ1) is 17.7. The second-order valence-corrected chi connectivity index (χ2v) is 6.32. The van der Waals surface area contributed by atoms with Gasteiger partial charge in [-0.05, 0) is 11.6 Å². The summed E-state index contributed by atoms with van der Waals surface area (Å²) in [5.74, 6) is -0.307. The van der Waals surface area contributed by atoms with Gasteiger partial charge in [0, 0.05) is 44.7 Å². The lowest BCUT2D eigenvalue weighted by Crippen LogP contribution is -2.39. The Morgan fingerprint density at radius 3 is 3.00 bits per heavy atom. The van der Waals surface area contributed by atoms with E-state index in [2.05, 4.69) is 10.00 Å². The average molecular weight is 347 g/mol. The predicted molar refractivity (Wildman–Crippen MR) is 90.5 cm³/mol. The fourth-order valence-electron chi connectivity index (χ4n) is 2.98. The Hall–Kier alpha value is -2.09. The highest BCUT2D eigenvalue weighted by molar-refractivity contribution is 5.20. The molecule has 1 unspecified atom stereocenters. The molecular weight excluding hydrogens is 325 g/mol. The van der Waals surface area contributed by atoms with Crippen LogP contribution in [0.25, 0.3) is 0 Å². The van der Waals surface area contributed by atoms with Gasteiger partial charge in [-0.15, -0.1) is 0 Å². The van der Waals surface area contributed by atoms with Crippen LogP contribution in [0.2, 0.25) is 0 Å². The molecule has 0 aliphatic carbocycles. The number of rotatable bonds is 6. The van der Waals surface area contributed by atoms with Crippen LogP contribution in [0, 0.1) is 5.82 Å². The number of aromatic nitrogens is 2. The SMILES string of the molecule is Cn1nc2c(cc1=O)CN(CC(O)COCc1ccccc1F)CC2. The summed E-state index contributed by atoms with van der Waals surface area (Å²) in [6.07, 6.45) is 0.0690. The van der Waals surface area contributed by atoms with Crippen LogP contribution in [0.15, 0.2) is 35.1 Å². The molecule has 0 spiro atoms. The zero-order chi connectivity index (χ0) is 17.8. The molecule has 0 saturated heterocycles. The summed E-state index contributed by atoms with van der Waals surface area (Å²) in [5, 5.41) is 14.4. The van der Waals surface area contributed by atoms with Crippen molar-refractivity contribution in [2.75, 3.05) is 19.7 Å². The molecule has 3 rings (SSSR count). The third-order valence-electron chi connectivity index (χ3n) is 4.31. The van der Waals surface area contributed by atoms with E-state index >= 15 is 0 Å². The van der Waals surface area contributed by atoms with E-state index in [0.29, 0.717) is 18.7 Å². The van der Waals surface area contributed by atoms with Crippen molar-refractivity contribution >= 4 is 0 Å². The van der Waals surface area contributed by atoms with Gasteiger partial charge >= 0.3 is 0 Å². The molecule has 1 aliphatic heterocycles. The van der Waals surface area contributed by atoms with E-state index in [-0.39, 0.29) is 24.6 Å². The number of benzene rings is 1. The molecule has 7 heteroatoms. The van der Waals surface area contributed by atoms with E-state index in [1.807, 2.05) is 0 Å². The van der Waals surface area contributed by atoms with Crippen LogP contribution < -0.4 is 5.56 Å². The first-order chi connectivity index (χ1) is 12.0. The standard InChI is InChI=1S/C18H22FN3O3/c1-21-18(24)8-14-9-22(7-6-17(14)20-21)10-15(23)12-25-11-13-4-2-3-5-16(13)19/h2-5,8,15,23H,6-7,9-12H2,1H3. The molecule has 1 N–H and O–H groups in total. The molecule has 1 atom stereocenters. The summed E-state index contributed by atoms with van der Waals surface area (Å²) in [6.45, 7) is 2.05. The minimum Gasteiger partial charge on any atom is -0.389 e. The van der Waals surface area contributed by atoms with E-state index in [1.54, 1.807) is 31.3 Å². The number of β-amino-alcohol motifs (C(OH)–C–C–N with tert-alkyl or cyclic N) is 1. The molecular formula is C18H22FN3O3. The smallest absolute Gasteiger partial charge is 0.266 e. The first-order valence-corrected chi connectivity index (χ1v) is 8.30. The van der Waals surface area contributed by atoms with E-state index < -0.39 is 6.10 Å². The summed E-state index contributed by atoms with van der Waals surface area (Å²) in [4.78, 5) is 13.8. The Morgan fingerprint density at radius 1 is 1.40 bits per heavy atom. The van der Waals surface area contributed by atoms with Gasteiger partial charge < -0.3 is 9.84 Å². The summed E-state index contributed by atoms with van der Waals surface area (Å²) in [7, 11) is 1.64. The predicted octanol–water partition coefficient (Wildman–Crippen LogP) is 0.855. The van der Waals surface area contributed by atoms with Crippen molar-refractivity contribution in [3.8, 4) is 0 Å². The van der Waals surface area contributed by atoms with Crippen LogP contribution in [0.3, 0.4) is 0 Å². The Bertz CT molecular complexity index is 793. The number of aliphatic hydroxyl groups excluding tert-OH is 1. The Kier molecular flexibility index (Phi) is 5.57. The number of aryl methyl sites for hydroxylation is 1. The normalized spacial score (nSPS) is 15.8. The summed E-state index contributed by atoms with van der Waals surface area (Å²) in [5.41, 5.74) is 2.19. The first-order valence-electron chi connectivity index (χ1n) is 8.30. The van der Waals surface area contributed by atoms with Crippen LogP contribution in [-0.4, -0.2) is 45.6 Å². The van der Waals surface area contributed by atoms with Crippen molar-refractivity contribution in [2.45, 2.75) is 25.7 Å². The molecule has 0 saturated carbocycles. The lowest BCUT2D eigenvalue weighted by molar-refractivity contribution is 0.00684. The van der Waals surface area contributed by atoms with Gasteiger partial charge in [0.25, 0.3) is 5.56 Å². The third-order valence-corrected chi connectivity index (χ3v) is 4.31. The number of hydrogen-bond donors (Lipinski definition) is 1. The van der Waals surface area contributed by atoms with E-state index in [4.69, 9.17) is 4.74 Å². The maximum absolute atomic E-state index is 13.5. The molecule has 0 fully saturated rings. The minimum atomic E-state index is -0.673. The monoisotopic (exact) mass is 347 g/mol. The lowest BCUT2D eigenvalue weighted by Gasteiger charge is -2.29. The molecule has 2 aromatic rings. The van der Waals surface area contributed by atoms with Gasteiger partial charge in [0.1, 0.15) is 5.82 Å². The maximum atomic E-state index is 13.5. The van der Waals surface area contributed by atoms with Crippen molar-refractivity contribution in [1.82, 2.24) is 14.7 Å². The van der Waals surface area contributed by atoms with Gasteiger partial charge in [-0.1, -0.05) is 18.2 Å². The maximum Gasteiger partial charge on any atom is 0.266 e. The van der Waals surface area contributed by atoms with Crippen LogP contribution >= 0.6 is 0 Å². The van der Waals surface area contributed by atoms with Crippen molar-refractivity contribution < 1.29 is 14.2 Å². The number of halogens is 1. The van der Waals surface area contributed by atoms with Crippen molar-refractivity contribution in [3.05, 3.63) is 63.3 Å². The van der Waals surface area contributed by atoms with E-state index in [1.165, 1.54) is 10.7 Å².